The lowest BCUT2D eigenvalue weighted by molar-refractivity contribution is -0.120. The van der Waals surface area contributed by atoms with Gasteiger partial charge in [0.05, 0.1) is 6.10 Å². The van der Waals surface area contributed by atoms with Crippen molar-refractivity contribution in [3.8, 4) is 0 Å². The molecule has 3 nitrogen and oxygen atoms in total. The van der Waals surface area contributed by atoms with E-state index in [9.17, 15) is 4.79 Å². The Morgan fingerprint density at radius 1 is 1.60 bits per heavy atom. The molecule has 1 heterocycles. The second-order valence-corrected chi connectivity index (χ2v) is 4.43. The number of nitrogens with two attached hydrogens (primary N) is 1. The van der Waals surface area contributed by atoms with Crippen LogP contribution in [0.2, 0.25) is 0 Å². The Bertz CT molecular complexity index is 184. The van der Waals surface area contributed by atoms with E-state index in [1.807, 2.05) is 0 Å². The van der Waals surface area contributed by atoms with Gasteiger partial charge in [0.2, 0.25) is 0 Å². The quantitative estimate of drug-likeness (QED) is 0.702. The molecular weight excluding hydrogens is 190 g/mol. The third-order valence-electron chi connectivity index (χ3n) is 3.20. The number of ether oxygens (including phenoxy) is 1. The lowest BCUT2D eigenvalue weighted by atomic mass is 9.97. The maximum absolute atomic E-state index is 11.6. The smallest absolute Gasteiger partial charge is 0.133 e. The Balaban J connectivity index is 2.11. The van der Waals surface area contributed by atoms with Crippen LogP contribution in [-0.4, -0.2) is 25.0 Å². The van der Waals surface area contributed by atoms with E-state index in [0.29, 0.717) is 37.2 Å². The third-order valence-corrected chi connectivity index (χ3v) is 3.20. The van der Waals surface area contributed by atoms with E-state index in [1.165, 1.54) is 0 Å². The van der Waals surface area contributed by atoms with E-state index >= 15 is 0 Å². The molecule has 88 valence electrons. The number of Topliss-reactive ketones (excluding diaryl/α,β-unsaturated/α-hetero) is 1. The van der Waals surface area contributed by atoms with Crippen molar-refractivity contribution in [3.05, 3.63) is 0 Å². The molecule has 0 aliphatic carbocycles. The third kappa shape index (κ3) is 4.76. The highest BCUT2D eigenvalue weighted by Crippen LogP contribution is 2.18. The van der Waals surface area contributed by atoms with Gasteiger partial charge in [0.1, 0.15) is 5.78 Å². The van der Waals surface area contributed by atoms with Crippen LogP contribution in [0.4, 0.5) is 0 Å². The monoisotopic (exact) mass is 213 g/mol. The summed E-state index contributed by atoms with van der Waals surface area (Å²) in [7, 11) is 0. The lowest BCUT2D eigenvalue weighted by Gasteiger charge is -2.12. The van der Waals surface area contributed by atoms with Gasteiger partial charge in [0.25, 0.3) is 0 Å². The second-order valence-electron chi connectivity index (χ2n) is 4.43. The second kappa shape index (κ2) is 6.96. The van der Waals surface area contributed by atoms with Gasteiger partial charge in [-0.25, -0.2) is 0 Å². The zero-order valence-corrected chi connectivity index (χ0v) is 9.71. The molecule has 0 saturated carbocycles. The SMILES string of the molecule is CCC(CN)CC(=O)CCC1CCCO1. The summed E-state index contributed by atoms with van der Waals surface area (Å²) in [4.78, 5) is 11.6. The van der Waals surface area contributed by atoms with Crippen LogP contribution in [-0.2, 0) is 9.53 Å². The summed E-state index contributed by atoms with van der Waals surface area (Å²) in [6.45, 7) is 3.59. The fourth-order valence-electron chi connectivity index (χ4n) is 2.01. The molecule has 15 heavy (non-hydrogen) atoms. The van der Waals surface area contributed by atoms with E-state index in [1.54, 1.807) is 0 Å². The van der Waals surface area contributed by atoms with Crippen LogP contribution < -0.4 is 5.73 Å². The van der Waals surface area contributed by atoms with Crippen molar-refractivity contribution < 1.29 is 9.53 Å². The number of hydrogen-bond donors (Lipinski definition) is 1. The highest BCUT2D eigenvalue weighted by atomic mass is 16.5. The summed E-state index contributed by atoms with van der Waals surface area (Å²) in [5, 5.41) is 0. The molecule has 1 fully saturated rings. The van der Waals surface area contributed by atoms with Gasteiger partial charge in [-0.2, -0.15) is 0 Å². The first-order chi connectivity index (χ1) is 7.26. The fourth-order valence-corrected chi connectivity index (χ4v) is 2.01. The van der Waals surface area contributed by atoms with Crippen molar-refractivity contribution in [1.29, 1.82) is 0 Å². The average molecular weight is 213 g/mol. The molecule has 0 radical (unpaired) electrons. The van der Waals surface area contributed by atoms with Gasteiger partial charge in [-0.15, -0.1) is 0 Å². The standard InChI is InChI=1S/C12H23NO2/c1-2-10(9-13)8-11(14)5-6-12-4-3-7-15-12/h10,12H,2-9,13H2,1H3. The van der Waals surface area contributed by atoms with Crippen molar-refractivity contribution in [1.82, 2.24) is 0 Å². The Hall–Kier alpha value is -0.410. The molecule has 2 atom stereocenters. The van der Waals surface area contributed by atoms with Crippen LogP contribution >= 0.6 is 0 Å². The minimum atomic E-state index is 0.340. The minimum Gasteiger partial charge on any atom is -0.378 e. The van der Waals surface area contributed by atoms with Crippen molar-refractivity contribution in [3.63, 3.8) is 0 Å². The van der Waals surface area contributed by atoms with Gasteiger partial charge < -0.3 is 10.5 Å². The summed E-state index contributed by atoms with van der Waals surface area (Å²) in [5.41, 5.74) is 5.57. The Kier molecular flexibility index (Phi) is 5.88. The van der Waals surface area contributed by atoms with Crippen molar-refractivity contribution in [2.24, 2.45) is 11.7 Å². The topological polar surface area (TPSA) is 52.3 Å². The van der Waals surface area contributed by atoms with E-state index in [2.05, 4.69) is 6.92 Å². The maximum atomic E-state index is 11.6. The molecule has 1 rings (SSSR count). The molecule has 0 amide bonds. The van der Waals surface area contributed by atoms with Crippen LogP contribution in [0.25, 0.3) is 0 Å². The molecule has 1 saturated heterocycles. The molecule has 1 aliphatic rings. The number of carbonyl (C=O) groups excluding carboxylic acids is 1. The van der Waals surface area contributed by atoms with Crippen LogP contribution in [0, 0.1) is 5.92 Å². The van der Waals surface area contributed by atoms with E-state index < -0.39 is 0 Å². The van der Waals surface area contributed by atoms with E-state index in [0.717, 1.165) is 32.3 Å². The van der Waals surface area contributed by atoms with Gasteiger partial charge in [0.15, 0.2) is 0 Å². The van der Waals surface area contributed by atoms with Gasteiger partial charge in [-0.3, -0.25) is 4.79 Å². The molecule has 0 aromatic rings. The Morgan fingerprint density at radius 2 is 2.40 bits per heavy atom. The van der Waals surface area contributed by atoms with Crippen LogP contribution in [0.15, 0.2) is 0 Å². The summed E-state index contributed by atoms with van der Waals surface area (Å²) in [5.74, 6) is 0.727. The minimum absolute atomic E-state index is 0.340. The molecule has 0 aromatic carbocycles. The summed E-state index contributed by atoms with van der Waals surface area (Å²) < 4.78 is 5.48. The molecule has 2 unspecified atom stereocenters. The molecular formula is C12H23NO2. The zero-order valence-electron chi connectivity index (χ0n) is 9.71. The summed E-state index contributed by atoms with van der Waals surface area (Å²) in [6, 6.07) is 0. The summed E-state index contributed by atoms with van der Waals surface area (Å²) >= 11 is 0. The van der Waals surface area contributed by atoms with Crippen molar-refractivity contribution >= 4 is 5.78 Å². The summed E-state index contributed by atoms with van der Waals surface area (Å²) in [6.07, 6.45) is 5.84. The highest BCUT2D eigenvalue weighted by molar-refractivity contribution is 5.78. The predicted octanol–water partition coefficient (Wildman–Crippen LogP) is 1.89. The first kappa shape index (κ1) is 12.7. The van der Waals surface area contributed by atoms with E-state index in [-0.39, 0.29) is 0 Å². The number of carbonyl (C=O) groups is 1. The molecule has 0 bridgehead atoms. The lowest BCUT2D eigenvalue weighted by Crippen LogP contribution is -2.18. The molecule has 0 aromatic heterocycles. The van der Waals surface area contributed by atoms with Crippen molar-refractivity contribution in [2.45, 2.75) is 51.6 Å². The van der Waals surface area contributed by atoms with Gasteiger partial charge in [-0.05, 0) is 31.7 Å². The fraction of sp³-hybridized carbons (Fsp3) is 0.917. The van der Waals surface area contributed by atoms with E-state index in [4.69, 9.17) is 10.5 Å². The Labute approximate surface area is 92.4 Å². The Morgan fingerprint density at radius 3 is 2.93 bits per heavy atom. The van der Waals surface area contributed by atoms with Crippen LogP contribution in [0.5, 0.6) is 0 Å². The number of hydrogen-bond acceptors (Lipinski definition) is 3. The van der Waals surface area contributed by atoms with Gasteiger partial charge in [-0.1, -0.05) is 13.3 Å². The van der Waals surface area contributed by atoms with Crippen LogP contribution in [0.3, 0.4) is 0 Å². The predicted molar refractivity (Wildman–Crippen MR) is 60.7 cm³/mol. The highest BCUT2D eigenvalue weighted by Gasteiger charge is 2.17. The zero-order chi connectivity index (χ0) is 11.1. The average Bonchev–Trinajstić information content (AvgIpc) is 2.75. The van der Waals surface area contributed by atoms with Crippen LogP contribution in [0.1, 0.15) is 45.4 Å². The first-order valence-electron chi connectivity index (χ1n) is 6.09. The molecule has 0 spiro atoms. The normalized spacial score (nSPS) is 22.9. The molecule has 2 N–H and O–H groups in total. The molecule has 1 aliphatic heterocycles. The van der Waals surface area contributed by atoms with Gasteiger partial charge >= 0.3 is 0 Å². The largest absolute Gasteiger partial charge is 0.378 e. The van der Waals surface area contributed by atoms with Gasteiger partial charge in [0, 0.05) is 19.4 Å². The number of rotatable bonds is 7. The molecule has 3 heteroatoms. The maximum Gasteiger partial charge on any atom is 0.133 e. The first-order valence-corrected chi connectivity index (χ1v) is 6.09. The number of ketones is 1. The van der Waals surface area contributed by atoms with Crippen molar-refractivity contribution in [2.75, 3.05) is 13.2 Å².